The monoisotopic (exact) mass is 307 g/mol. The van der Waals surface area contributed by atoms with Crippen LogP contribution < -0.4 is 0 Å². The lowest BCUT2D eigenvalue weighted by Crippen LogP contribution is -2.13. The van der Waals surface area contributed by atoms with Gasteiger partial charge in [0.2, 0.25) is 0 Å². The number of aliphatic hydroxyl groups is 1. The summed E-state index contributed by atoms with van der Waals surface area (Å²) >= 11 is 0. The number of azide groups is 1. The topological polar surface area (TPSA) is 115 Å². The zero-order valence-electron chi connectivity index (χ0n) is 12.3. The molecule has 0 fully saturated rings. The van der Waals surface area contributed by atoms with Gasteiger partial charge in [-0.2, -0.15) is 0 Å². The summed E-state index contributed by atoms with van der Waals surface area (Å²) in [6, 6.07) is 0. The normalized spacial score (nSPS) is 10.5. The first-order valence-electron chi connectivity index (χ1n) is 6.92. The van der Waals surface area contributed by atoms with E-state index in [0.717, 1.165) is 0 Å². The Balaban J connectivity index is 2.94. The van der Waals surface area contributed by atoms with Crippen molar-refractivity contribution in [3.05, 3.63) is 10.4 Å². The van der Waals surface area contributed by atoms with Gasteiger partial charge in [-0.05, 0) is 5.53 Å². The first kappa shape index (κ1) is 20.1. The molecule has 0 amide bonds. The van der Waals surface area contributed by atoms with Crippen molar-refractivity contribution in [1.29, 1.82) is 0 Å². The molecule has 0 rings (SSSR count). The third-order valence-corrected chi connectivity index (χ3v) is 2.12. The van der Waals surface area contributed by atoms with Crippen molar-refractivity contribution in [1.82, 2.24) is 0 Å². The SMILES string of the molecule is [N-]=[N+]=NCCOCCOCCOCCOCCOCCO. The lowest BCUT2D eigenvalue weighted by Gasteiger charge is -2.07. The minimum Gasteiger partial charge on any atom is -0.394 e. The quantitative estimate of drug-likeness (QED) is 0.180. The van der Waals surface area contributed by atoms with Crippen molar-refractivity contribution in [2.45, 2.75) is 0 Å². The van der Waals surface area contributed by atoms with Crippen molar-refractivity contribution in [3.8, 4) is 0 Å². The summed E-state index contributed by atoms with van der Waals surface area (Å²) in [6.45, 7) is 5.05. The van der Waals surface area contributed by atoms with Gasteiger partial charge in [0.1, 0.15) is 0 Å². The third kappa shape index (κ3) is 19.1. The Morgan fingerprint density at radius 2 is 1.05 bits per heavy atom. The number of nitrogens with zero attached hydrogens (tertiary/aromatic N) is 3. The first-order valence-corrected chi connectivity index (χ1v) is 6.92. The van der Waals surface area contributed by atoms with Gasteiger partial charge in [0.25, 0.3) is 0 Å². The second kappa shape index (κ2) is 19.1. The van der Waals surface area contributed by atoms with Gasteiger partial charge in [-0.25, -0.2) is 0 Å². The maximum atomic E-state index is 8.47. The van der Waals surface area contributed by atoms with Crippen LogP contribution in [0, 0.1) is 0 Å². The molecule has 0 aromatic rings. The van der Waals surface area contributed by atoms with Gasteiger partial charge in [0.15, 0.2) is 0 Å². The number of aliphatic hydroxyl groups excluding tert-OH is 1. The number of hydrogen-bond donors (Lipinski definition) is 1. The zero-order valence-corrected chi connectivity index (χ0v) is 12.3. The summed E-state index contributed by atoms with van der Waals surface area (Å²) in [7, 11) is 0. The standard InChI is InChI=1S/C12H25N3O6/c13-15-14-1-3-17-5-7-19-9-11-21-12-10-20-8-6-18-4-2-16/h16H,1-12H2. The van der Waals surface area contributed by atoms with E-state index in [4.69, 9.17) is 34.3 Å². The summed E-state index contributed by atoms with van der Waals surface area (Å²) in [5.41, 5.74) is 8.03. The predicted octanol–water partition coefficient (Wildman–Crippen LogP) is 0.372. The van der Waals surface area contributed by atoms with Gasteiger partial charge >= 0.3 is 0 Å². The van der Waals surface area contributed by atoms with Crippen LogP contribution in [0.1, 0.15) is 0 Å². The van der Waals surface area contributed by atoms with Gasteiger partial charge < -0.3 is 28.8 Å². The second-order valence-electron chi connectivity index (χ2n) is 3.74. The molecule has 0 aromatic heterocycles. The average Bonchev–Trinajstić information content (AvgIpc) is 2.50. The molecule has 0 heterocycles. The molecular weight excluding hydrogens is 282 g/mol. The molecule has 0 bridgehead atoms. The highest BCUT2D eigenvalue weighted by Crippen LogP contribution is 1.84. The van der Waals surface area contributed by atoms with E-state index >= 15 is 0 Å². The fourth-order valence-electron chi connectivity index (χ4n) is 1.20. The van der Waals surface area contributed by atoms with Crippen molar-refractivity contribution < 1.29 is 28.8 Å². The van der Waals surface area contributed by atoms with Crippen LogP contribution in [0.15, 0.2) is 5.11 Å². The van der Waals surface area contributed by atoms with Crippen LogP contribution in [0.5, 0.6) is 0 Å². The minimum absolute atomic E-state index is 0.0297. The van der Waals surface area contributed by atoms with E-state index in [0.29, 0.717) is 72.6 Å². The summed E-state index contributed by atoms with van der Waals surface area (Å²) in [5, 5.41) is 11.8. The van der Waals surface area contributed by atoms with Gasteiger partial charge in [0.05, 0.1) is 72.7 Å². The molecule has 9 heteroatoms. The molecule has 0 saturated heterocycles. The lowest BCUT2D eigenvalue weighted by molar-refractivity contribution is -0.0128. The lowest BCUT2D eigenvalue weighted by atomic mass is 10.6. The number of rotatable bonds is 17. The number of hydrogen-bond acceptors (Lipinski definition) is 7. The highest BCUT2D eigenvalue weighted by molar-refractivity contribution is 4.44. The largest absolute Gasteiger partial charge is 0.394 e. The Morgan fingerprint density at radius 3 is 1.43 bits per heavy atom. The summed E-state index contributed by atoms with van der Waals surface area (Å²) < 4.78 is 26.0. The minimum atomic E-state index is 0.0297. The Morgan fingerprint density at radius 1 is 0.667 bits per heavy atom. The van der Waals surface area contributed by atoms with Crippen molar-refractivity contribution in [3.63, 3.8) is 0 Å². The molecule has 0 radical (unpaired) electrons. The number of ether oxygens (including phenoxy) is 5. The van der Waals surface area contributed by atoms with Crippen LogP contribution in [0.4, 0.5) is 0 Å². The summed E-state index contributed by atoms with van der Waals surface area (Å²) in [5.74, 6) is 0. The van der Waals surface area contributed by atoms with Gasteiger partial charge in [-0.3, -0.25) is 0 Å². The smallest absolute Gasteiger partial charge is 0.0701 e. The summed E-state index contributed by atoms with van der Waals surface area (Å²) in [4.78, 5) is 2.61. The summed E-state index contributed by atoms with van der Waals surface area (Å²) in [6.07, 6.45) is 0. The Bertz CT molecular complexity index is 251. The maximum Gasteiger partial charge on any atom is 0.0701 e. The van der Waals surface area contributed by atoms with E-state index in [1.165, 1.54) is 0 Å². The molecule has 0 aliphatic rings. The Kier molecular flexibility index (Phi) is 18.2. The third-order valence-electron chi connectivity index (χ3n) is 2.12. The van der Waals surface area contributed by atoms with E-state index < -0.39 is 0 Å². The zero-order chi connectivity index (χ0) is 15.4. The molecule has 21 heavy (non-hydrogen) atoms. The van der Waals surface area contributed by atoms with Crippen LogP contribution in [0.2, 0.25) is 0 Å². The first-order chi connectivity index (χ1) is 10.4. The van der Waals surface area contributed by atoms with Crippen molar-refractivity contribution in [2.75, 3.05) is 79.2 Å². The van der Waals surface area contributed by atoms with Crippen molar-refractivity contribution >= 4 is 0 Å². The maximum absolute atomic E-state index is 8.47. The Labute approximate surface area is 124 Å². The molecule has 1 N–H and O–H groups in total. The molecule has 0 atom stereocenters. The molecule has 0 saturated carbocycles. The van der Waals surface area contributed by atoms with Crippen LogP contribution in [-0.2, 0) is 23.7 Å². The van der Waals surface area contributed by atoms with Gasteiger partial charge in [0, 0.05) is 11.5 Å². The Hall–Kier alpha value is -0.930. The highest BCUT2D eigenvalue weighted by atomic mass is 16.6. The van der Waals surface area contributed by atoms with Crippen LogP contribution in [0.25, 0.3) is 10.4 Å². The fraction of sp³-hybridized carbons (Fsp3) is 1.00. The molecule has 0 aliphatic carbocycles. The molecule has 124 valence electrons. The molecule has 9 nitrogen and oxygen atoms in total. The molecule has 0 spiro atoms. The molecular formula is C12H25N3O6. The van der Waals surface area contributed by atoms with Crippen LogP contribution >= 0.6 is 0 Å². The second-order valence-corrected chi connectivity index (χ2v) is 3.74. The van der Waals surface area contributed by atoms with Crippen molar-refractivity contribution in [2.24, 2.45) is 5.11 Å². The van der Waals surface area contributed by atoms with E-state index in [1.807, 2.05) is 0 Å². The van der Waals surface area contributed by atoms with Crippen LogP contribution in [0.3, 0.4) is 0 Å². The predicted molar refractivity (Wildman–Crippen MR) is 75.2 cm³/mol. The highest BCUT2D eigenvalue weighted by Gasteiger charge is 1.93. The average molecular weight is 307 g/mol. The van der Waals surface area contributed by atoms with Crippen LogP contribution in [-0.4, -0.2) is 84.3 Å². The van der Waals surface area contributed by atoms with Gasteiger partial charge in [-0.15, -0.1) is 0 Å². The van der Waals surface area contributed by atoms with E-state index in [1.54, 1.807) is 0 Å². The van der Waals surface area contributed by atoms with E-state index in [2.05, 4.69) is 10.0 Å². The van der Waals surface area contributed by atoms with E-state index in [-0.39, 0.29) is 6.61 Å². The molecule has 0 unspecified atom stereocenters. The fourth-order valence-corrected chi connectivity index (χ4v) is 1.20. The van der Waals surface area contributed by atoms with E-state index in [9.17, 15) is 0 Å². The van der Waals surface area contributed by atoms with Gasteiger partial charge in [-0.1, -0.05) is 5.11 Å². The molecule has 0 aromatic carbocycles. The molecule has 0 aliphatic heterocycles.